The standard InChI is InChI=1S/C22H32FN5O4S/c1-22(2,23)20-26-21(32-27-20)28-10-8-15(9-11-28)14-31-17-6-4-16(5-7-17)18-12-25-19(13-24-18)33(3,29)30/h12-13,15-17H,4-11,14H2,1-3H3. The maximum atomic E-state index is 14.0. The topological polar surface area (TPSA) is 111 Å². The third kappa shape index (κ3) is 6.06. The molecule has 0 radical (unpaired) electrons. The van der Waals surface area contributed by atoms with E-state index in [1.807, 2.05) is 4.90 Å². The van der Waals surface area contributed by atoms with Crippen LogP contribution >= 0.6 is 0 Å². The van der Waals surface area contributed by atoms with Crippen molar-refractivity contribution >= 4 is 15.9 Å². The Labute approximate surface area is 194 Å². The first-order valence-corrected chi connectivity index (χ1v) is 13.4. The molecule has 0 bridgehead atoms. The molecule has 2 aromatic rings. The number of anilines is 1. The van der Waals surface area contributed by atoms with E-state index in [0.717, 1.165) is 70.2 Å². The first kappa shape index (κ1) is 24.0. The van der Waals surface area contributed by atoms with E-state index in [0.29, 0.717) is 17.9 Å². The highest BCUT2D eigenvalue weighted by Gasteiger charge is 2.30. The summed E-state index contributed by atoms with van der Waals surface area (Å²) in [4.78, 5) is 14.6. The van der Waals surface area contributed by atoms with Gasteiger partial charge in [-0.25, -0.2) is 17.8 Å². The maximum Gasteiger partial charge on any atom is 0.324 e. The monoisotopic (exact) mass is 481 g/mol. The predicted molar refractivity (Wildman–Crippen MR) is 119 cm³/mol. The molecule has 33 heavy (non-hydrogen) atoms. The number of piperidine rings is 1. The summed E-state index contributed by atoms with van der Waals surface area (Å²) in [5.41, 5.74) is -0.757. The molecule has 0 atom stereocenters. The van der Waals surface area contributed by atoms with Crippen LogP contribution in [0.15, 0.2) is 21.9 Å². The number of hydrogen-bond donors (Lipinski definition) is 0. The molecule has 2 aromatic heterocycles. The molecule has 1 aliphatic heterocycles. The lowest BCUT2D eigenvalue weighted by Gasteiger charge is -2.33. The van der Waals surface area contributed by atoms with Crippen LogP contribution in [0.5, 0.6) is 0 Å². The van der Waals surface area contributed by atoms with Gasteiger partial charge in [-0.2, -0.15) is 4.98 Å². The first-order chi connectivity index (χ1) is 15.6. The van der Waals surface area contributed by atoms with Crippen LogP contribution in [0.2, 0.25) is 0 Å². The van der Waals surface area contributed by atoms with Gasteiger partial charge in [0, 0.05) is 31.9 Å². The van der Waals surface area contributed by atoms with E-state index in [1.165, 1.54) is 20.0 Å². The van der Waals surface area contributed by atoms with Crippen molar-refractivity contribution in [2.75, 3.05) is 30.9 Å². The minimum Gasteiger partial charge on any atom is -0.378 e. The van der Waals surface area contributed by atoms with Crippen molar-refractivity contribution in [1.82, 2.24) is 20.1 Å². The van der Waals surface area contributed by atoms with Crippen molar-refractivity contribution in [3.63, 3.8) is 0 Å². The van der Waals surface area contributed by atoms with Crippen LogP contribution in [-0.2, 0) is 20.2 Å². The van der Waals surface area contributed by atoms with Crippen LogP contribution in [0, 0.1) is 5.92 Å². The summed E-state index contributed by atoms with van der Waals surface area (Å²) in [6.07, 6.45) is 10.1. The molecule has 182 valence electrons. The average molecular weight is 482 g/mol. The Kier molecular flexibility index (Phi) is 6.99. The molecule has 0 unspecified atom stereocenters. The third-order valence-corrected chi connectivity index (χ3v) is 7.49. The van der Waals surface area contributed by atoms with Crippen molar-refractivity contribution < 1.29 is 22.1 Å². The zero-order chi connectivity index (χ0) is 23.6. The van der Waals surface area contributed by atoms with Gasteiger partial charge in [-0.05, 0) is 58.3 Å². The molecule has 2 fully saturated rings. The normalized spacial score (nSPS) is 23.1. The number of nitrogens with zero attached hydrogens (tertiary/aromatic N) is 5. The molecule has 2 aliphatic rings. The highest BCUT2D eigenvalue weighted by Crippen LogP contribution is 2.34. The fourth-order valence-corrected chi connectivity index (χ4v) is 4.89. The predicted octanol–water partition coefficient (Wildman–Crippen LogP) is 3.43. The fourth-order valence-electron chi connectivity index (χ4n) is 4.40. The zero-order valence-corrected chi connectivity index (χ0v) is 20.2. The van der Waals surface area contributed by atoms with Crippen LogP contribution in [0.25, 0.3) is 0 Å². The number of halogens is 1. The highest BCUT2D eigenvalue weighted by molar-refractivity contribution is 7.90. The van der Waals surface area contributed by atoms with Crippen LogP contribution in [0.1, 0.15) is 69.8 Å². The van der Waals surface area contributed by atoms with Gasteiger partial charge >= 0.3 is 6.01 Å². The van der Waals surface area contributed by atoms with E-state index in [2.05, 4.69) is 20.1 Å². The first-order valence-electron chi connectivity index (χ1n) is 11.5. The van der Waals surface area contributed by atoms with Crippen molar-refractivity contribution in [2.24, 2.45) is 5.92 Å². The Morgan fingerprint density at radius 2 is 1.82 bits per heavy atom. The van der Waals surface area contributed by atoms with Crippen molar-refractivity contribution in [1.29, 1.82) is 0 Å². The molecular formula is C22H32FN5O4S. The van der Waals surface area contributed by atoms with E-state index >= 15 is 0 Å². The van der Waals surface area contributed by atoms with Crippen LogP contribution in [0.3, 0.4) is 0 Å². The smallest absolute Gasteiger partial charge is 0.324 e. The van der Waals surface area contributed by atoms with Crippen molar-refractivity contribution in [3.05, 3.63) is 23.9 Å². The van der Waals surface area contributed by atoms with Gasteiger partial charge in [-0.1, -0.05) is 5.16 Å². The number of ether oxygens (including phenoxy) is 1. The summed E-state index contributed by atoms with van der Waals surface area (Å²) in [5, 5.41) is 3.77. The Balaban J connectivity index is 1.18. The van der Waals surface area contributed by atoms with Gasteiger partial charge in [0.2, 0.25) is 5.82 Å². The summed E-state index contributed by atoms with van der Waals surface area (Å²) in [7, 11) is -3.32. The summed E-state index contributed by atoms with van der Waals surface area (Å²) in [5.74, 6) is 0.854. The minimum absolute atomic E-state index is 0.0140. The molecule has 1 aliphatic carbocycles. The largest absolute Gasteiger partial charge is 0.378 e. The van der Waals surface area contributed by atoms with Gasteiger partial charge in [0.25, 0.3) is 0 Å². The quantitative estimate of drug-likeness (QED) is 0.587. The molecular weight excluding hydrogens is 449 g/mol. The molecule has 1 saturated carbocycles. The van der Waals surface area contributed by atoms with E-state index in [1.54, 1.807) is 6.20 Å². The van der Waals surface area contributed by atoms with Crippen LogP contribution in [0.4, 0.5) is 10.4 Å². The zero-order valence-electron chi connectivity index (χ0n) is 19.4. The SMILES string of the molecule is CC(C)(F)c1noc(N2CCC(COC3CCC(c4cnc(S(C)(=O)=O)cn4)CC3)CC2)n1. The summed E-state index contributed by atoms with van der Waals surface area (Å²) < 4.78 is 48.5. The van der Waals surface area contributed by atoms with Crippen LogP contribution in [-0.4, -0.2) is 60.6 Å². The molecule has 0 spiro atoms. The van der Waals surface area contributed by atoms with Gasteiger partial charge in [0.15, 0.2) is 20.5 Å². The molecule has 0 amide bonds. The summed E-state index contributed by atoms with van der Waals surface area (Å²) >= 11 is 0. The van der Waals surface area contributed by atoms with Gasteiger partial charge in [0.1, 0.15) is 0 Å². The number of rotatable bonds is 7. The molecule has 4 rings (SSSR count). The minimum atomic E-state index is -3.32. The molecule has 3 heterocycles. The molecule has 9 nitrogen and oxygen atoms in total. The number of hydrogen-bond acceptors (Lipinski definition) is 9. The fraction of sp³-hybridized carbons (Fsp3) is 0.727. The lowest BCUT2D eigenvalue weighted by molar-refractivity contribution is 0.000227. The maximum absolute atomic E-state index is 14.0. The molecule has 0 N–H and O–H groups in total. The van der Waals surface area contributed by atoms with Crippen molar-refractivity contribution in [2.45, 2.75) is 75.1 Å². The Hall–Kier alpha value is -2.14. The van der Waals surface area contributed by atoms with E-state index in [-0.39, 0.29) is 17.0 Å². The molecule has 0 aromatic carbocycles. The average Bonchev–Trinajstić information content (AvgIpc) is 3.29. The number of aromatic nitrogens is 4. The number of alkyl halides is 1. The summed E-state index contributed by atoms with van der Waals surface area (Å²) in [6, 6.07) is 0.390. The van der Waals surface area contributed by atoms with Gasteiger partial charge < -0.3 is 14.2 Å². The van der Waals surface area contributed by atoms with Gasteiger partial charge in [-0.3, -0.25) is 4.98 Å². The van der Waals surface area contributed by atoms with Gasteiger partial charge in [0.05, 0.1) is 24.2 Å². The molecule has 1 saturated heterocycles. The Morgan fingerprint density at radius 1 is 1.12 bits per heavy atom. The van der Waals surface area contributed by atoms with Gasteiger partial charge in [-0.15, -0.1) is 0 Å². The lowest BCUT2D eigenvalue weighted by atomic mass is 9.85. The number of sulfone groups is 1. The van der Waals surface area contributed by atoms with Crippen molar-refractivity contribution in [3.8, 4) is 0 Å². The van der Waals surface area contributed by atoms with E-state index in [4.69, 9.17) is 9.26 Å². The highest BCUT2D eigenvalue weighted by atomic mass is 32.2. The Morgan fingerprint density at radius 3 is 2.36 bits per heavy atom. The van der Waals surface area contributed by atoms with Crippen LogP contribution < -0.4 is 4.90 Å². The molecule has 11 heteroatoms. The second-order valence-corrected chi connectivity index (χ2v) is 11.6. The lowest BCUT2D eigenvalue weighted by Crippen LogP contribution is -2.36. The van der Waals surface area contributed by atoms with E-state index < -0.39 is 15.5 Å². The van der Waals surface area contributed by atoms with E-state index in [9.17, 15) is 12.8 Å². The Bertz CT molecular complexity index is 1020. The third-order valence-electron chi connectivity index (χ3n) is 6.52. The summed E-state index contributed by atoms with van der Waals surface area (Å²) in [6.45, 7) is 5.15. The second-order valence-electron chi connectivity index (χ2n) is 9.66. The second kappa shape index (κ2) is 9.61.